The zero-order valence-corrected chi connectivity index (χ0v) is 9.99. The molecule has 0 amide bonds. The highest BCUT2D eigenvalue weighted by Gasteiger charge is 2.06. The van der Waals surface area contributed by atoms with Crippen molar-refractivity contribution in [2.75, 3.05) is 6.67 Å². The van der Waals surface area contributed by atoms with E-state index in [9.17, 15) is 4.39 Å². The third-order valence-electron chi connectivity index (χ3n) is 2.92. The highest BCUT2D eigenvalue weighted by Crippen LogP contribution is 2.20. The maximum atomic E-state index is 12.2. The van der Waals surface area contributed by atoms with Gasteiger partial charge in [0.25, 0.3) is 0 Å². The van der Waals surface area contributed by atoms with Crippen LogP contribution in [0.3, 0.4) is 0 Å². The van der Waals surface area contributed by atoms with Gasteiger partial charge in [0.1, 0.15) is 12.7 Å². The van der Waals surface area contributed by atoms with Gasteiger partial charge in [0.05, 0.1) is 30.0 Å². The Morgan fingerprint density at radius 1 is 1.16 bits per heavy atom. The van der Waals surface area contributed by atoms with Gasteiger partial charge in [0.2, 0.25) is 0 Å². The molecule has 0 spiro atoms. The Bertz CT molecular complexity index is 765. The summed E-state index contributed by atoms with van der Waals surface area (Å²) in [6, 6.07) is 5.83. The minimum absolute atomic E-state index is 0.253. The number of nitrogens with zero attached hydrogens (tertiary/aromatic N) is 5. The lowest BCUT2D eigenvalue weighted by Gasteiger charge is -1.99. The van der Waals surface area contributed by atoms with Crippen LogP contribution in [0.1, 0.15) is 5.56 Å². The van der Waals surface area contributed by atoms with E-state index >= 15 is 0 Å². The first-order chi connectivity index (χ1) is 9.31. The van der Waals surface area contributed by atoms with Crippen molar-refractivity contribution < 1.29 is 4.39 Å². The molecule has 0 saturated carbocycles. The Kier molecular flexibility index (Phi) is 2.72. The summed E-state index contributed by atoms with van der Waals surface area (Å²) in [5.74, 6) is 0. The van der Waals surface area contributed by atoms with E-state index in [4.69, 9.17) is 5.26 Å². The fraction of sp³-hybridized carbons (Fsp3) is 0.154. The maximum absolute atomic E-state index is 12.2. The van der Waals surface area contributed by atoms with Crippen LogP contribution in [0.2, 0.25) is 0 Å². The van der Waals surface area contributed by atoms with Crippen molar-refractivity contribution in [3.8, 4) is 17.2 Å². The van der Waals surface area contributed by atoms with Crippen molar-refractivity contribution in [1.82, 2.24) is 19.4 Å². The molecular weight excluding hydrogens is 245 g/mol. The van der Waals surface area contributed by atoms with Crippen LogP contribution in [0.15, 0.2) is 36.9 Å². The van der Waals surface area contributed by atoms with Gasteiger partial charge in [0.15, 0.2) is 0 Å². The van der Waals surface area contributed by atoms with Crippen LogP contribution in [-0.2, 0) is 6.54 Å². The molecule has 0 fully saturated rings. The van der Waals surface area contributed by atoms with Gasteiger partial charge in [-0.2, -0.15) is 15.5 Å². The number of rotatable bonds is 3. The van der Waals surface area contributed by atoms with Crippen LogP contribution in [0.4, 0.5) is 4.39 Å². The van der Waals surface area contributed by atoms with Gasteiger partial charge in [-0.25, -0.2) is 8.91 Å². The molecule has 3 rings (SSSR count). The number of aryl methyl sites for hydroxylation is 1. The van der Waals surface area contributed by atoms with E-state index in [2.05, 4.69) is 16.3 Å². The summed E-state index contributed by atoms with van der Waals surface area (Å²) >= 11 is 0. The first kappa shape index (κ1) is 11.4. The third kappa shape index (κ3) is 1.95. The summed E-state index contributed by atoms with van der Waals surface area (Å²) in [6.45, 7) is -0.187. The Morgan fingerprint density at radius 3 is 2.84 bits per heavy atom. The first-order valence-corrected chi connectivity index (χ1v) is 5.78. The predicted octanol–water partition coefficient (Wildman–Crippen LogP) is 2.04. The molecule has 19 heavy (non-hydrogen) atoms. The molecular formula is C13H10FN5. The van der Waals surface area contributed by atoms with Crippen LogP contribution in [0.25, 0.3) is 16.6 Å². The standard InChI is InChI=1S/C13H10FN5/c14-3-4-18-8-12(7-16-18)10-1-2-13-11(5-15)6-17-19(13)9-10/h1-2,6-9H,3-4H2. The maximum Gasteiger partial charge on any atom is 0.109 e. The quantitative estimate of drug-likeness (QED) is 0.719. The number of hydrogen-bond acceptors (Lipinski definition) is 3. The molecule has 0 aliphatic heterocycles. The molecule has 0 aliphatic rings. The molecule has 0 unspecified atom stereocenters. The van der Waals surface area contributed by atoms with Crippen LogP contribution in [0, 0.1) is 11.3 Å². The Morgan fingerprint density at radius 2 is 2.05 bits per heavy atom. The van der Waals surface area contributed by atoms with E-state index < -0.39 is 6.67 Å². The molecule has 0 N–H and O–H groups in total. The second kappa shape index (κ2) is 4.53. The summed E-state index contributed by atoms with van der Waals surface area (Å²) < 4.78 is 15.4. The summed E-state index contributed by atoms with van der Waals surface area (Å²) in [5, 5.41) is 17.1. The molecule has 3 heterocycles. The lowest BCUT2D eigenvalue weighted by Crippen LogP contribution is -1.98. The van der Waals surface area contributed by atoms with Crippen molar-refractivity contribution in [1.29, 1.82) is 5.26 Å². The molecule has 3 aromatic rings. The predicted molar refractivity (Wildman–Crippen MR) is 67.1 cm³/mol. The van der Waals surface area contributed by atoms with Crippen LogP contribution in [-0.4, -0.2) is 26.1 Å². The van der Waals surface area contributed by atoms with E-state index in [1.165, 1.54) is 6.20 Å². The van der Waals surface area contributed by atoms with Crippen molar-refractivity contribution >= 4 is 5.52 Å². The Labute approximate surface area is 108 Å². The van der Waals surface area contributed by atoms with E-state index in [0.717, 1.165) is 16.6 Å². The zero-order chi connectivity index (χ0) is 13.2. The summed E-state index contributed by atoms with van der Waals surface area (Å²) in [6.07, 6.45) is 6.83. The number of aromatic nitrogens is 4. The molecule has 0 saturated heterocycles. The fourth-order valence-corrected chi connectivity index (χ4v) is 1.96. The highest BCUT2D eigenvalue weighted by molar-refractivity contribution is 5.67. The minimum Gasteiger partial charge on any atom is -0.269 e. The smallest absolute Gasteiger partial charge is 0.109 e. The molecule has 5 nitrogen and oxygen atoms in total. The van der Waals surface area contributed by atoms with Gasteiger partial charge >= 0.3 is 0 Å². The number of halogens is 1. The van der Waals surface area contributed by atoms with E-state index in [-0.39, 0.29) is 6.54 Å². The normalized spacial score (nSPS) is 10.7. The number of hydrogen-bond donors (Lipinski definition) is 0. The monoisotopic (exact) mass is 255 g/mol. The Hall–Kier alpha value is -2.68. The average molecular weight is 255 g/mol. The fourth-order valence-electron chi connectivity index (χ4n) is 1.96. The third-order valence-corrected chi connectivity index (χ3v) is 2.92. The molecule has 0 aliphatic carbocycles. The topological polar surface area (TPSA) is 58.9 Å². The molecule has 0 atom stereocenters. The lowest BCUT2D eigenvalue weighted by molar-refractivity contribution is 0.427. The highest BCUT2D eigenvalue weighted by atomic mass is 19.1. The second-order valence-electron chi connectivity index (χ2n) is 4.10. The number of pyridine rings is 1. The first-order valence-electron chi connectivity index (χ1n) is 5.78. The summed E-state index contributed by atoms with van der Waals surface area (Å²) in [5.41, 5.74) is 3.12. The number of nitriles is 1. The zero-order valence-electron chi connectivity index (χ0n) is 9.99. The van der Waals surface area contributed by atoms with Gasteiger partial charge in [-0.1, -0.05) is 6.07 Å². The van der Waals surface area contributed by atoms with Gasteiger partial charge < -0.3 is 0 Å². The van der Waals surface area contributed by atoms with E-state index in [1.807, 2.05) is 18.3 Å². The van der Waals surface area contributed by atoms with E-state index in [1.54, 1.807) is 21.6 Å². The summed E-state index contributed by atoms with van der Waals surface area (Å²) in [7, 11) is 0. The van der Waals surface area contributed by atoms with Crippen molar-refractivity contribution in [2.45, 2.75) is 6.54 Å². The lowest BCUT2D eigenvalue weighted by atomic mass is 10.1. The van der Waals surface area contributed by atoms with Crippen LogP contribution in [0.5, 0.6) is 0 Å². The van der Waals surface area contributed by atoms with Crippen molar-refractivity contribution in [3.63, 3.8) is 0 Å². The number of fused-ring (bicyclic) bond motifs is 1. The van der Waals surface area contributed by atoms with Gasteiger partial charge in [-0.05, 0) is 6.07 Å². The van der Waals surface area contributed by atoms with Gasteiger partial charge in [0, 0.05) is 23.5 Å². The molecule has 6 heteroatoms. The molecule has 0 aromatic carbocycles. The second-order valence-corrected chi connectivity index (χ2v) is 4.10. The van der Waals surface area contributed by atoms with Gasteiger partial charge in [-0.15, -0.1) is 0 Å². The van der Waals surface area contributed by atoms with E-state index in [0.29, 0.717) is 5.56 Å². The molecule has 94 valence electrons. The molecule has 0 bridgehead atoms. The van der Waals surface area contributed by atoms with Crippen molar-refractivity contribution in [2.24, 2.45) is 0 Å². The SMILES string of the molecule is N#Cc1cnn2cc(-c3cnn(CCF)c3)ccc12. The molecule has 0 radical (unpaired) electrons. The number of alkyl halides is 1. The van der Waals surface area contributed by atoms with Crippen LogP contribution < -0.4 is 0 Å². The molecule has 3 aromatic heterocycles. The summed E-state index contributed by atoms with van der Waals surface area (Å²) in [4.78, 5) is 0. The Balaban J connectivity index is 2.03. The average Bonchev–Trinajstić information content (AvgIpc) is 3.04. The minimum atomic E-state index is -0.440. The van der Waals surface area contributed by atoms with Gasteiger partial charge in [-0.3, -0.25) is 4.68 Å². The largest absolute Gasteiger partial charge is 0.269 e. The van der Waals surface area contributed by atoms with Crippen LogP contribution >= 0.6 is 0 Å². The van der Waals surface area contributed by atoms with Crippen molar-refractivity contribution in [3.05, 3.63) is 42.5 Å².